The molecule has 0 amide bonds. The van der Waals surface area contributed by atoms with Crippen molar-refractivity contribution in [2.75, 3.05) is 6.61 Å². The highest BCUT2D eigenvalue weighted by atomic mass is 16.5. The van der Waals surface area contributed by atoms with Crippen LogP contribution in [-0.2, 0) is 22.6 Å². The van der Waals surface area contributed by atoms with E-state index in [2.05, 4.69) is 12.2 Å². The normalized spacial score (nSPS) is 11.7. The van der Waals surface area contributed by atoms with Gasteiger partial charge in [-0.05, 0) is 42.9 Å². The maximum atomic E-state index is 12.5. The molecule has 0 heterocycles. The molecule has 0 radical (unpaired) electrons. The minimum atomic E-state index is -0.810. The van der Waals surface area contributed by atoms with Gasteiger partial charge >= 0.3 is 13.0 Å². The number of carbonyl (C=O) groups excluding carboxylic acids is 1. The molecule has 2 N–H and O–H groups in total. The van der Waals surface area contributed by atoms with E-state index < -0.39 is 13.1 Å². The number of nitrogens with one attached hydrogen (secondary N) is 1. The third kappa shape index (κ3) is 9.16. The second-order valence-corrected chi connectivity index (χ2v) is 7.25. The Morgan fingerprint density at radius 1 is 1.03 bits per heavy atom. The highest BCUT2D eigenvalue weighted by Gasteiger charge is 2.23. The highest BCUT2D eigenvalue weighted by molar-refractivity contribution is 6.46. The third-order valence-electron chi connectivity index (χ3n) is 4.58. The molecule has 0 aliphatic carbocycles. The molecule has 0 spiro atoms. The molecule has 0 aromatic heterocycles. The van der Waals surface area contributed by atoms with Crippen molar-refractivity contribution >= 4 is 13.0 Å². The fraction of sp³-hybridized carbons (Fsp3) is 0.435. The number of hydrogen-bond acceptors (Lipinski definition) is 5. The first-order valence-electron chi connectivity index (χ1n) is 10.4. The summed E-state index contributed by atoms with van der Waals surface area (Å²) in [7, 11) is -0.810. The van der Waals surface area contributed by atoms with Crippen LogP contribution in [0.1, 0.15) is 43.7 Å². The zero-order valence-corrected chi connectivity index (χ0v) is 17.5. The van der Waals surface area contributed by atoms with E-state index in [4.69, 9.17) is 9.47 Å². The van der Waals surface area contributed by atoms with Gasteiger partial charge in [-0.3, -0.25) is 4.79 Å². The van der Waals surface area contributed by atoms with Crippen LogP contribution in [0.25, 0.3) is 0 Å². The van der Waals surface area contributed by atoms with Crippen molar-refractivity contribution in [2.24, 2.45) is 0 Å². The van der Waals surface area contributed by atoms with Gasteiger partial charge in [-0.15, -0.1) is 0 Å². The van der Waals surface area contributed by atoms with Gasteiger partial charge in [-0.1, -0.05) is 68.7 Å². The summed E-state index contributed by atoms with van der Waals surface area (Å²) in [5, 5.41) is 12.6. The van der Waals surface area contributed by atoms with E-state index in [1.54, 1.807) is 6.82 Å². The molecule has 0 fully saturated rings. The molecular formula is C23H32BNO4. The van der Waals surface area contributed by atoms with Crippen LogP contribution in [0.2, 0.25) is 6.82 Å². The lowest BCUT2D eigenvalue weighted by atomic mass is 9.86. The van der Waals surface area contributed by atoms with Crippen LogP contribution in [0.15, 0.2) is 54.6 Å². The molecule has 0 unspecified atom stereocenters. The van der Waals surface area contributed by atoms with Gasteiger partial charge in [0, 0.05) is 0 Å². The summed E-state index contributed by atoms with van der Waals surface area (Å²) < 4.78 is 11.2. The van der Waals surface area contributed by atoms with Gasteiger partial charge in [-0.25, -0.2) is 0 Å². The van der Waals surface area contributed by atoms with Gasteiger partial charge < -0.3 is 19.7 Å². The molecule has 0 aliphatic heterocycles. The predicted octanol–water partition coefficient (Wildman–Crippen LogP) is 4.00. The van der Waals surface area contributed by atoms with Gasteiger partial charge in [-0.2, -0.15) is 0 Å². The first-order valence-corrected chi connectivity index (χ1v) is 10.4. The van der Waals surface area contributed by atoms with Crippen molar-refractivity contribution in [2.45, 2.75) is 58.5 Å². The number of ether oxygens (including phenoxy) is 2. The van der Waals surface area contributed by atoms with E-state index >= 15 is 0 Å². The summed E-state index contributed by atoms with van der Waals surface area (Å²) in [6, 6.07) is 16.7. The number of esters is 1. The number of benzene rings is 2. The monoisotopic (exact) mass is 397 g/mol. The summed E-state index contributed by atoms with van der Waals surface area (Å²) in [6.07, 6.45) is 5.12. The first kappa shape index (κ1) is 23.0. The van der Waals surface area contributed by atoms with Crippen LogP contribution in [0, 0.1) is 0 Å². The van der Waals surface area contributed by atoms with Crippen molar-refractivity contribution in [3.8, 4) is 5.75 Å². The number of unbranched alkanes of at least 4 members (excludes halogenated alkanes) is 3. The molecule has 0 bridgehead atoms. The van der Waals surface area contributed by atoms with E-state index in [1.165, 1.54) is 19.3 Å². The van der Waals surface area contributed by atoms with E-state index in [-0.39, 0.29) is 12.6 Å². The quantitative estimate of drug-likeness (QED) is 0.304. The fourth-order valence-corrected chi connectivity index (χ4v) is 3.01. The lowest BCUT2D eigenvalue weighted by Crippen LogP contribution is -2.46. The number of hydrogen-bond donors (Lipinski definition) is 2. The van der Waals surface area contributed by atoms with Crippen molar-refractivity contribution in [1.82, 2.24) is 5.23 Å². The zero-order chi connectivity index (χ0) is 20.9. The molecule has 0 saturated heterocycles. The molecule has 156 valence electrons. The minimum absolute atomic E-state index is 0.211. The van der Waals surface area contributed by atoms with Crippen molar-refractivity contribution in [3.05, 3.63) is 65.7 Å². The van der Waals surface area contributed by atoms with Crippen LogP contribution < -0.4 is 9.96 Å². The molecule has 2 aromatic carbocycles. The molecule has 2 rings (SSSR count). The summed E-state index contributed by atoms with van der Waals surface area (Å²) in [6.45, 7) is 4.71. The van der Waals surface area contributed by atoms with Crippen LogP contribution in [0.5, 0.6) is 5.75 Å². The molecule has 2 aromatic rings. The Labute approximate surface area is 174 Å². The van der Waals surface area contributed by atoms with Crippen LogP contribution in [0.4, 0.5) is 0 Å². The topological polar surface area (TPSA) is 67.8 Å². The summed E-state index contributed by atoms with van der Waals surface area (Å²) in [5.41, 5.74) is 1.90. The molecule has 1 atom stereocenters. The maximum absolute atomic E-state index is 12.5. The van der Waals surface area contributed by atoms with Crippen molar-refractivity contribution in [1.29, 1.82) is 0 Å². The van der Waals surface area contributed by atoms with Gasteiger partial charge in [0.2, 0.25) is 0 Å². The summed E-state index contributed by atoms with van der Waals surface area (Å²) in [5.74, 6) is 0.447. The average molecular weight is 397 g/mol. The zero-order valence-electron chi connectivity index (χ0n) is 17.5. The van der Waals surface area contributed by atoms with Crippen LogP contribution >= 0.6 is 0 Å². The van der Waals surface area contributed by atoms with Crippen molar-refractivity contribution < 1.29 is 19.3 Å². The van der Waals surface area contributed by atoms with E-state index in [1.807, 2.05) is 54.6 Å². The Bertz CT molecular complexity index is 707. The molecule has 6 heteroatoms. The maximum Gasteiger partial charge on any atom is 0.374 e. The van der Waals surface area contributed by atoms with Crippen LogP contribution in [0.3, 0.4) is 0 Å². The molecule has 29 heavy (non-hydrogen) atoms. The highest BCUT2D eigenvalue weighted by Crippen LogP contribution is 2.15. The van der Waals surface area contributed by atoms with Gasteiger partial charge in [0.05, 0.1) is 6.61 Å². The average Bonchev–Trinajstić information content (AvgIpc) is 2.73. The standard InChI is InChI=1S/C23H32BNO4/c1-3-4-5-9-16-28-21-14-12-19(13-15-21)17-22(25-24(2)27)23(26)29-18-20-10-7-6-8-11-20/h6-8,10-15,22,25,27H,3-5,9,16-18H2,1-2H3/t22-/m0/s1. The molecular weight excluding hydrogens is 365 g/mol. The Hall–Kier alpha value is -2.31. The van der Waals surface area contributed by atoms with Crippen LogP contribution in [-0.4, -0.2) is 30.7 Å². The smallest absolute Gasteiger partial charge is 0.374 e. The second-order valence-electron chi connectivity index (χ2n) is 7.25. The number of rotatable bonds is 13. The van der Waals surface area contributed by atoms with Gasteiger partial charge in [0.1, 0.15) is 18.4 Å². The minimum Gasteiger partial charge on any atom is -0.494 e. The van der Waals surface area contributed by atoms with E-state index in [0.29, 0.717) is 6.42 Å². The summed E-state index contributed by atoms with van der Waals surface area (Å²) >= 11 is 0. The van der Waals surface area contributed by atoms with E-state index in [0.717, 1.165) is 29.9 Å². The van der Waals surface area contributed by atoms with Gasteiger partial charge in [0.25, 0.3) is 0 Å². The molecule has 0 saturated carbocycles. The second kappa shape index (κ2) is 13.0. The largest absolute Gasteiger partial charge is 0.494 e. The SMILES string of the molecule is CCCCCCOc1ccc(C[C@H](NB(C)O)C(=O)OCc2ccccc2)cc1. The lowest BCUT2D eigenvalue weighted by molar-refractivity contribution is -0.147. The fourth-order valence-electron chi connectivity index (χ4n) is 3.01. The summed E-state index contributed by atoms with van der Waals surface area (Å²) in [4.78, 5) is 12.5. The lowest BCUT2D eigenvalue weighted by Gasteiger charge is -2.18. The predicted molar refractivity (Wildman–Crippen MR) is 117 cm³/mol. The Morgan fingerprint density at radius 2 is 1.76 bits per heavy atom. The number of carbonyl (C=O) groups is 1. The van der Waals surface area contributed by atoms with E-state index in [9.17, 15) is 9.82 Å². The molecule has 0 aliphatic rings. The van der Waals surface area contributed by atoms with Gasteiger partial charge in [0.15, 0.2) is 0 Å². The van der Waals surface area contributed by atoms with Crippen molar-refractivity contribution in [3.63, 3.8) is 0 Å². The Morgan fingerprint density at radius 3 is 2.41 bits per heavy atom. The Balaban J connectivity index is 1.87. The first-order chi connectivity index (χ1) is 14.1. The third-order valence-corrected chi connectivity index (χ3v) is 4.58. The Kier molecular flexibility index (Phi) is 10.3. The molecule has 5 nitrogen and oxygen atoms in total.